The standard InChI is InChI=1S/C50H46N2O5/c1-2-44(35-10-6-3-7-11-35)48(36-16-21-42(53)22-17-36)37-18-23-43(24-19-37)57-28-8-4-5-9-33-12-13-34-14-15-38(30-40(34)29-33)39-20-25-45-41(31-39)32-52(50(45)56)46-26-27-47(54)51-49(46)55/h3,6-7,10-25,29-31,46,53H,2,4-5,8-9,26-28,32H2,1H3,(H,51,54,55)/b48-44-. The lowest BCUT2D eigenvalue weighted by molar-refractivity contribution is -0.136. The van der Waals surface area contributed by atoms with Crippen LogP contribution in [0, 0.1) is 0 Å². The number of benzene rings is 6. The third-order valence-electron chi connectivity index (χ3n) is 11.2. The molecule has 0 bridgehead atoms. The second-order valence-electron chi connectivity index (χ2n) is 15.0. The Morgan fingerprint density at radius 3 is 2.21 bits per heavy atom. The fraction of sp³-hybridized carbons (Fsp3) is 0.220. The smallest absolute Gasteiger partial charge is 0.255 e. The average molecular weight is 755 g/mol. The van der Waals surface area contributed by atoms with Gasteiger partial charge in [0.05, 0.1) is 6.61 Å². The molecule has 7 heteroatoms. The largest absolute Gasteiger partial charge is 0.508 e. The van der Waals surface area contributed by atoms with Gasteiger partial charge in [-0.05, 0) is 142 Å². The van der Waals surface area contributed by atoms with Crippen molar-refractivity contribution in [1.82, 2.24) is 10.2 Å². The van der Waals surface area contributed by atoms with Gasteiger partial charge in [0.2, 0.25) is 11.8 Å². The van der Waals surface area contributed by atoms with Crippen LogP contribution in [0.15, 0.2) is 133 Å². The van der Waals surface area contributed by atoms with Gasteiger partial charge in [-0.15, -0.1) is 0 Å². The summed E-state index contributed by atoms with van der Waals surface area (Å²) in [4.78, 5) is 38.9. The topological polar surface area (TPSA) is 95.9 Å². The van der Waals surface area contributed by atoms with E-state index in [1.807, 2.05) is 30.3 Å². The highest BCUT2D eigenvalue weighted by molar-refractivity contribution is 6.06. The van der Waals surface area contributed by atoms with Gasteiger partial charge in [0.25, 0.3) is 5.91 Å². The fourth-order valence-electron chi connectivity index (χ4n) is 8.21. The van der Waals surface area contributed by atoms with Gasteiger partial charge in [0.1, 0.15) is 17.5 Å². The van der Waals surface area contributed by atoms with Crippen molar-refractivity contribution in [2.75, 3.05) is 6.61 Å². The molecule has 2 heterocycles. The summed E-state index contributed by atoms with van der Waals surface area (Å²) in [7, 11) is 0. The number of hydrogen-bond donors (Lipinski definition) is 2. The average Bonchev–Trinajstić information content (AvgIpc) is 3.56. The summed E-state index contributed by atoms with van der Waals surface area (Å²) >= 11 is 0. The van der Waals surface area contributed by atoms with Crippen molar-refractivity contribution in [2.24, 2.45) is 0 Å². The molecular formula is C50H46N2O5. The van der Waals surface area contributed by atoms with Crippen molar-refractivity contribution < 1.29 is 24.2 Å². The summed E-state index contributed by atoms with van der Waals surface area (Å²) in [5.41, 5.74) is 10.7. The van der Waals surface area contributed by atoms with E-state index in [1.54, 1.807) is 17.0 Å². The lowest BCUT2D eigenvalue weighted by Crippen LogP contribution is -2.52. The molecule has 0 aromatic heterocycles. The fourth-order valence-corrected chi connectivity index (χ4v) is 8.21. The van der Waals surface area contributed by atoms with Gasteiger partial charge in [-0.25, -0.2) is 0 Å². The van der Waals surface area contributed by atoms with Gasteiger partial charge in [0.15, 0.2) is 0 Å². The monoisotopic (exact) mass is 754 g/mol. The van der Waals surface area contributed by atoms with Crippen molar-refractivity contribution >= 4 is 39.6 Å². The summed E-state index contributed by atoms with van der Waals surface area (Å²) in [6, 6.07) is 44.7. The molecule has 286 valence electrons. The second kappa shape index (κ2) is 16.7. The number of phenols is 1. The molecule has 2 aliphatic rings. The van der Waals surface area contributed by atoms with E-state index in [1.165, 1.54) is 27.5 Å². The molecule has 2 N–H and O–H groups in total. The molecule has 8 rings (SSSR count). The molecule has 2 aliphatic heterocycles. The van der Waals surface area contributed by atoms with Crippen LogP contribution in [-0.4, -0.2) is 40.4 Å². The SMILES string of the molecule is CC/C(=C(\c1ccc(O)cc1)c1ccc(OCCCCCc2ccc3ccc(-c4ccc5c(c4)CN(C4CCC(=O)NC4=O)C5=O)cc3c2)cc1)c1ccccc1. The minimum atomic E-state index is -0.620. The van der Waals surface area contributed by atoms with E-state index < -0.39 is 11.9 Å². The Labute approximate surface area is 333 Å². The van der Waals surface area contributed by atoms with Crippen LogP contribution in [0.2, 0.25) is 0 Å². The number of hydrogen-bond acceptors (Lipinski definition) is 5. The maximum Gasteiger partial charge on any atom is 0.255 e. The quantitative estimate of drug-likeness (QED) is 0.0695. The third-order valence-corrected chi connectivity index (χ3v) is 11.2. The van der Waals surface area contributed by atoms with E-state index in [-0.39, 0.29) is 24.0 Å². The van der Waals surface area contributed by atoms with E-state index in [0.29, 0.717) is 25.1 Å². The Bertz CT molecular complexity index is 2470. The molecule has 0 spiro atoms. The number of nitrogens with zero attached hydrogens (tertiary/aromatic N) is 1. The van der Waals surface area contributed by atoms with Crippen LogP contribution in [0.1, 0.15) is 83.6 Å². The third kappa shape index (κ3) is 8.24. The molecule has 3 amide bonds. The highest BCUT2D eigenvalue weighted by Crippen LogP contribution is 2.36. The highest BCUT2D eigenvalue weighted by Gasteiger charge is 2.39. The van der Waals surface area contributed by atoms with Crippen LogP contribution in [0.4, 0.5) is 0 Å². The number of carbonyl (C=O) groups is 3. The minimum Gasteiger partial charge on any atom is -0.508 e. The predicted molar refractivity (Wildman–Crippen MR) is 226 cm³/mol. The van der Waals surface area contributed by atoms with Crippen LogP contribution in [0.3, 0.4) is 0 Å². The Morgan fingerprint density at radius 2 is 1.46 bits per heavy atom. The highest BCUT2D eigenvalue weighted by atomic mass is 16.5. The number of carbonyl (C=O) groups excluding carboxylic acids is 3. The number of rotatable bonds is 13. The maximum absolute atomic E-state index is 13.2. The Balaban J connectivity index is 0.861. The molecular weight excluding hydrogens is 709 g/mol. The Hall–Kier alpha value is -6.47. The summed E-state index contributed by atoms with van der Waals surface area (Å²) in [5.74, 6) is 0.269. The first-order chi connectivity index (χ1) is 27.8. The number of imide groups is 1. The summed E-state index contributed by atoms with van der Waals surface area (Å²) in [6.45, 7) is 3.20. The van der Waals surface area contributed by atoms with E-state index >= 15 is 0 Å². The molecule has 57 heavy (non-hydrogen) atoms. The second-order valence-corrected chi connectivity index (χ2v) is 15.0. The van der Waals surface area contributed by atoms with Gasteiger partial charge in [-0.2, -0.15) is 0 Å². The molecule has 1 atom stereocenters. The molecule has 6 aromatic carbocycles. The Kier molecular flexibility index (Phi) is 11.0. The number of allylic oxidation sites excluding steroid dienone is 1. The number of unbranched alkanes of at least 4 members (excludes halogenated alkanes) is 2. The molecule has 0 saturated carbocycles. The van der Waals surface area contributed by atoms with E-state index in [4.69, 9.17) is 4.74 Å². The van der Waals surface area contributed by atoms with Gasteiger partial charge in [0, 0.05) is 18.5 Å². The van der Waals surface area contributed by atoms with Crippen LogP contribution in [0.5, 0.6) is 11.5 Å². The zero-order valence-corrected chi connectivity index (χ0v) is 32.2. The van der Waals surface area contributed by atoms with Gasteiger partial charge in [-0.1, -0.05) is 97.9 Å². The lowest BCUT2D eigenvalue weighted by atomic mass is 9.88. The summed E-state index contributed by atoms with van der Waals surface area (Å²) in [6.07, 6.45) is 5.54. The normalized spacial score (nSPS) is 15.7. The maximum atomic E-state index is 13.2. The molecule has 7 nitrogen and oxygen atoms in total. The van der Waals surface area contributed by atoms with Crippen LogP contribution >= 0.6 is 0 Å². The first kappa shape index (κ1) is 37.5. The number of phenolic OH excluding ortho intramolecular Hbond substituents is 1. The van der Waals surface area contributed by atoms with Crippen LogP contribution < -0.4 is 10.1 Å². The number of aromatic hydroxyl groups is 1. The number of ether oxygens (including phenoxy) is 1. The predicted octanol–water partition coefficient (Wildman–Crippen LogP) is 10.1. The molecule has 0 radical (unpaired) electrons. The first-order valence-corrected chi connectivity index (χ1v) is 20.0. The van der Waals surface area contributed by atoms with Crippen LogP contribution in [0.25, 0.3) is 33.0 Å². The number of piperidine rings is 1. The molecule has 1 fully saturated rings. The zero-order valence-electron chi connectivity index (χ0n) is 32.2. The molecule has 1 unspecified atom stereocenters. The van der Waals surface area contributed by atoms with E-state index in [2.05, 4.69) is 103 Å². The van der Waals surface area contributed by atoms with E-state index in [9.17, 15) is 19.5 Å². The number of amides is 3. The number of aryl methyl sites for hydroxylation is 1. The molecule has 6 aromatic rings. The summed E-state index contributed by atoms with van der Waals surface area (Å²) in [5, 5.41) is 14.7. The number of fused-ring (bicyclic) bond motifs is 2. The van der Waals surface area contributed by atoms with Gasteiger partial charge in [-0.3, -0.25) is 19.7 Å². The van der Waals surface area contributed by atoms with Gasteiger partial charge >= 0.3 is 0 Å². The summed E-state index contributed by atoms with van der Waals surface area (Å²) < 4.78 is 6.18. The Morgan fingerprint density at radius 1 is 0.737 bits per heavy atom. The van der Waals surface area contributed by atoms with E-state index in [0.717, 1.165) is 71.2 Å². The van der Waals surface area contributed by atoms with Crippen molar-refractivity contribution in [1.29, 1.82) is 0 Å². The lowest BCUT2D eigenvalue weighted by Gasteiger charge is -2.29. The van der Waals surface area contributed by atoms with Crippen molar-refractivity contribution in [2.45, 2.75) is 64.5 Å². The zero-order chi connectivity index (χ0) is 39.3. The van der Waals surface area contributed by atoms with Crippen molar-refractivity contribution in [3.05, 3.63) is 167 Å². The van der Waals surface area contributed by atoms with Gasteiger partial charge < -0.3 is 14.7 Å². The first-order valence-electron chi connectivity index (χ1n) is 20.0. The minimum absolute atomic E-state index is 0.158. The van der Waals surface area contributed by atoms with Crippen molar-refractivity contribution in [3.8, 4) is 22.6 Å². The molecule has 1 saturated heterocycles. The molecule has 0 aliphatic carbocycles. The van der Waals surface area contributed by atoms with Crippen LogP contribution in [-0.2, 0) is 22.6 Å². The number of nitrogens with one attached hydrogen (secondary N) is 1. The van der Waals surface area contributed by atoms with Crippen molar-refractivity contribution in [3.63, 3.8) is 0 Å².